The molecule has 1 aromatic heterocycles. The quantitative estimate of drug-likeness (QED) is 0.839. The number of halogens is 1. The molecule has 0 saturated heterocycles. The molecule has 1 heterocycles. The summed E-state index contributed by atoms with van der Waals surface area (Å²) in [4.78, 5) is 16.5. The maximum atomic E-state index is 12.2. The predicted molar refractivity (Wildman–Crippen MR) is 83.8 cm³/mol. The van der Waals surface area contributed by atoms with Crippen molar-refractivity contribution in [1.29, 1.82) is 0 Å². The molecule has 110 valence electrons. The van der Waals surface area contributed by atoms with E-state index < -0.39 is 0 Å². The van der Waals surface area contributed by atoms with Gasteiger partial charge in [0.15, 0.2) is 5.78 Å². The van der Waals surface area contributed by atoms with E-state index in [1.165, 1.54) is 6.42 Å². The highest BCUT2D eigenvalue weighted by Gasteiger charge is 2.21. The largest absolute Gasteiger partial charge is 0.484 e. The minimum Gasteiger partial charge on any atom is -0.484 e. The van der Waals surface area contributed by atoms with Crippen LogP contribution < -0.4 is 4.74 Å². The Hall–Kier alpha value is -1.61. The van der Waals surface area contributed by atoms with Gasteiger partial charge in [-0.25, -0.2) is 0 Å². The highest BCUT2D eigenvalue weighted by atomic mass is 35.5. The van der Waals surface area contributed by atoms with E-state index in [2.05, 4.69) is 4.98 Å². The molecule has 1 aromatic carbocycles. The molecule has 0 atom stereocenters. The van der Waals surface area contributed by atoms with Crippen molar-refractivity contribution in [1.82, 2.24) is 4.98 Å². The zero-order valence-corrected chi connectivity index (χ0v) is 12.6. The van der Waals surface area contributed by atoms with Crippen LogP contribution in [-0.4, -0.2) is 17.4 Å². The fourth-order valence-electron chi connectivity index (χ4n) is 2.92. The van der Waals surface area contributed by atoms with Crippen molar-refractivity contribution >= 4 is 28.3 Å². The van der Waals surface area contributed by atoms with Crippen LogP contribution in [-0.2, 0) is 4.79 Å². The minimum atomic E-state index is 0.123. The molecule has 1 saturated carbocycles. The van der Waals surface area contributed by atoms with Gasteiger partial charge in [0.1, 0.15) is 17.9 Å². The maximum Gasteiger partial charge on any atom is 0.173 e. The lowest BCUT2D eigenvalue weighted by Gasteiger charge is -2.20. The molecule has 0 radical (unpaired) electrons. The van der Waals surface area contributed by atoms with E-state index in [1.54, 1.807) is 18.3 Å². The Morgan fingerprint density at radius 3 is 2.86 bits per heavy atom. The summed E-state index contributed by atoms with van der Waals surface area (Å²) in [6, 6.07) is 7.31. The van der Waals surface area contributed by atoms with Crippen LogP contribution in [0.1, 0.15) is 32.1 Å². The van der Waals surface area contributed by atoms with Gasteiger partial charge in [0.2, 0.25) is 0 Å². The molecule has 1 aliphatic carbocycles. The third-order valence-corrected chi connectivity index (χ3v) is 4.44. The summed E-state index contributed by atoms with van der Waals surface area (Å²) in [6.07, 6.45) is 7.26. The van der Waals surface area contributed by atoms with Gasteiger partial charge < -0.3 is 4.74 Å². The van der Waals surface area contributed by atoms with E-state index >= 15 is 0 Å². The molecule has 3 nitrogen and oxygen atoms in total. The number of carbonyl (C=O) groups is 1. The molecule has 2 aromatic rings. The van der Waals surface area contributed by atoms with Crippen molar-refractivity contribution in [2.75, 3.05) is 6.61 Å². The second-order valence-electron chi connectivity index (χ2n) is 5.54. The summed E-state index contributed by atoms with van der Waals surface area (Å²) in [5.74, 6) is 0.998. The summed E-state index contributed by atoms with van der Waals surface area (Å²) >= 11 is 6.15. The molecule has 0 aliphatic heterocycles. The van der Waals surface area contributed by atoms with Gasteiger partial charge in [-0.3, -0.25) is 9.78 Å². The number of ketones is 1. The molecule has 0 bridgehead atoms. The highest BCUT2D eigenvalue weighted by molar-refractivity contribution is 6.35. The van der Waals surface area contributed by atoms with Gasteiger partial charge in [-0.1, -0.05) is 30.9 Å². The average molecular weight is 304 g/mol. The number of nitrogens with zero attached hydrogens (tertiary/aromatic N) is 1. The number of benzene rings is 1. The normalized spacial score (nSPS) is 16.0. The number of hydrogen-bond donors (Lipinski definition) is 0. The van der Waals surface area contributed by atoms with Crippen molar-refractivity contribution in [3.8, 4) is 5.75 Å². The number of hydrogen-bond acceptors (Lipinski definition) is 3. The molecule has 21 heavy (non-hydrogen) atoms. The first kappa shape index (κ1) is 14.3. The first-order chi connectivity index (χ1) is 10.3. The van der Waals surface area contributed by atoms with Crippen molar-refractivity contribution in [3.63, 3.8) is 0 Å². The predicted octanol–water partition coefficient (Wildman–Crippen LogP) is 4.42. The molecule has 1 aliphatic rings. The standard InChI is InChI=1S/C17H18ClNO2/c18-14-8-9-16(17-13(14)7-4-10-19-17)21-11-15(20)12-5-2-1-3-6-12/h4,7-10,12H,1-3,5-6,11H2. The lowest BCUT2D eigenvalue weighted by molar-refractivity contribution is -0.125. The smallest absolute Gasteiger partial charge is 0.173 e. The molecule has 1 fully saturated rings. The Morgan fingerprint density at radius 2 is 2.05 bits per heavy atom. The maximum absolute atomic E-state index is 12.2. The Balaban J connectivity index is 1.73. The number of carbonyl (C=O) groups excluding carboxylic acids is 1. The third-order valence-electron chi connectivity index (χ3n) is 4.11. The fourth-order valence-corrected chi connectivity index (χ4v) is 3.14. The first-order valence-corrected chi connectivity index (χ1v) is 7.82. The van der Waals surface area contributed by atoms with E-state index in [9.17, 15) is 4.79 Å². The summed E-state index contributed by atoms with van der Waals surface area (Å²) in [5, 5.41) is 1.49. The highest BCUT2D eigenvalue weighted by Crippen LogP contribution is 2.30. The van der Waals surface area contributed by atoms with Crippen LogP contribution in [0.5, 0.6) is 5.75 Å². The van der Waals surface area contributed by atoms with E-state index in [0.717, 1.165) is 31.1 Å². The topological polar surface area (TPSA) is 39.2 Å². The fraction of sp³-hybridized carbons (Fsp3) is 0.412. The zero-order chi connectivity index (χ0) is 14.7. The van der Waals surface area contributed by atoms with Crippen LogP contribution in [0.4, 0.5) is 0 Å². The first-order valence-electron chi connectivity index (χ1n) is 7.44. The summed E-state index contributed by atoms with van der Waals surface area (Å²) < 4.78 is 5.72. The third kappa shape index (κ3) is 3.18. The van der Waals surface area contributed by atoms with Gasteiger partial charge in [-0.2, -0.15) is 0 Å². The molecule has 0 spiro atoms. The lowest BCUT2D eigenvalue weighted by Crippen LogP contribution is -2.23. The van der Waals surface area contributed by atoms with E-state index in [-0.39, 0.29) is 18.3 Å². The molecule has 3 rings (SSSR count). The van der Waals surface area contributed by atoms with Gasteiger partial charge in [0.05, 0.1) is 5.02 Å². The molecular weight excluding hydrogens is 286 g/mol. The van der Waals surface area contributed by atoms with Crippen molar-refractivity contribution < 1.29 is 9.53 Å². The molecular formula is C17H18ClNO2. The van der Waals surface area contributed by atoms with Crippen molar-refractivity contribution in [3.05, 3.63) is 35.5 Å². The van der Waals surface area contributed by atoms with Gasteiger partial charge in [0.25, 0.3) is 0 Å². The summed E-state index contributed by atoms with van der Waals surface area (Å²) in [7, 11) is 0. The SMILES string of the molecule is O=C(COc1ccc(Cl)c2cccnc12)C1CCCCC1. The lowest BCUT2D eigenvalue weighted by atomic mass is 9.86. The van der Waals surface area contributed by atoms with Crippen LogP contribution in [0.25, 0.3) is 10.9 Å². The molecule has 0 unspecified atom stereocenters. The second-order valence-corrected chi connectivity index (χ2v) is 5.94. The molecule has 4 heteroatoms. The number of aromatic nitrogens is 1. The van der Waals surface area contributed by atoms with Crippen molar-refractivity contribution in [2.45, 2.75) is 32.1 Å². The Kier molecular flexibility index (Phi) is 4.39. The Morgan fingerprint density at radius 1 is 1.24 bits per heavy atom. The van der Waals surface area contributed by atoms with Crippen LogP contribution in [0, 0.1) is 5.92 Å². The van der Waals surface area contributed by atoms with Crippen molar-refractivity contribution in [2.24, 2.45) is 5.92 Å². The van der Waals surface area contributed by atoms with E-state index in [0.29, 0.717) is 16.3 Å². The van der Waals surface area contributed by atoms with Gasteiger partial charge in [-0.05, 0) is 37.1 Å². The monoisotopic (exact) mass is 303 g/mol. The number of rotatable bonds is 4. The van der Waals surface area contributed by atoms with Gasteiger partial charge in [0, 0.05) is 17.5 Å². The number of pyridine rings is 1. The number of fused-ring (bicyclic) bond motifs is 1. The van der Waals surface area contributed by atoms with Crippen LogP contribution in [0.15, 0.2) is 30.5 Å². The van der Waals surface area contributed by atoms with Crippen LogP contribution in [0.3, 0.4) is 0 Å². The number of ether oxygens (including phenoxy) is 1. The minimum absolute atomic E-state index is 0.123. The van der Waals surface area contributed by atoms with Crippen LogP contribution in [0.2, 0.25) is 5.02 Å². The average Bonchev–Trinajstić information content (AvgIpc) is 2.55. The number of Topliss-reactive ketones (excluding diaryl/α,β-unsaturated/α-hetero) is 1. The van der Waals surface area contributed by atoms with Gasteiger partial charge >= 0.3 is 0 Å². The van der Waals surface area contributed by atoms with Crippen LogP contribution >= 0.6 is 11.6 Å². The summed E-state index contributed by atoms with van der Waals surface area (Å²) in [5.41, 5.74) is 0.710. The second kappa shape index (κ2) is 6.44. The summed E-state index contributed by atoms with van der Waals surface area (Å²) in [6.45, 7) is 0.123. The molecule has 0 N–H and O–H groups in total. The van der Waals surface area contributed by atoms with Gasteiger partial charge in [-0.15, -0.1) is 0 Å². The molecule has 0 amide bonds. The Labute approximate surface area is 129 Å². The Bertz CT molecular complexity index is 650. The van der Waals surface area contributed by atoms with E-state index in [4.69, 9.17) is 16.3 Å². The zero-order valence-electron chi connectivity index (χ0n) is 11.8. The van der Waals surface area contributed by atoms with E-state index in [1.807, 2.05) is 12.1 Å².